The molecular formula is C8H8ClO3P. The molecular weight excluding hydrogens is 211 g/mol. The van der Waals surface area contributed by atoms with Gasteiger partial charge >= 0.3 is 7.60 Å². The molecule has 0 spiro atoms. The molecule has 3 nitrogen and oxygen atoms in total. The highest BCUT2D eigenvalue weighted by Crippen LogP contribution is 2.56. The molecule has 0 saturated carbocycles. The van der Waals surface area contributed by atoms with E-state index < -0.39 is 7.60 Å². The monoisotopic (exact) mass is 218 g/mol. The van der Waals surface area contributed by atoms with Crippen molar-refractivity contribution in [3.05, 3.63) is 24.3 Å². The summed E-state index contributed by atoms with van der Waals surface area (Å²) in [7, 11) is -2.98. The molecule has 0 radical (unpaired) electrons. The van der Waals surface area contributed by atoms with Crippen molar-refractivity contribution in [2.45, 2.75) is 0 Å². The molecule has 13 heavy (non-hydrogen) atoms. The van der Waals surface area contributed by atoms with E-state index in [1.807, 2.05) is 6.07 Å². The van der Waals surface area contributed by atoms with Gasteiger partial charge in [-0.3, -0.25) is 4.52 Å². The fraction of sp³-hybridized carbons (Fsp3) is 0.250. The molecule has 1 aromatic rings. The lowest BCUT2D eigenvalue weighted by Gasteiger charge is -2.29. The Balaban J connectivity index is 2.19. The molecule has 0 fully saturated rings. The SMILES string of the molecule is O=P1(OCCCl)Oc2ccccc21. The van der Waals surface area contributed by atoms with Crippen molar-refractivity contribution in [1.29, 1.82) is 0 Å². The maximum atomic E-state index is 11.7. The smallest absolute Gasteiger partial charge is 0.414 e. The van der Waals surface area contributed by atoms with Crippen molar-refractivity contribution in [3.8, 4) is 5.75 Å². The van der Waals surface area contributed by atoms with E-state index in [2.05, 4.69) is 0 Å². The van der Waals surface area contributed by atoms with Crippen molar-refractivity contribution in [1.82, 2.24) is 0 Å². The van der Waals surface area contributed by atoms with Gasteiger partial charge in [-0.2, -0.15) is 0 Å². The summed E-state index contributed by atoms with van der Waals surface area (Å²) in [5, 5.41) is 0.653. The summed E-state index contributed by atoms with van der Waals surface area (Å²) in [5.74, 6) is 0.954. The standard InChI is InChI=1S/C8H8ClO3P/c9-5-6-11-13(10)8-4-2-1-3-7(8)12-13/h1-4H,5-6H2. The number of rotatable bonds is 3. The predicted octanol–water partition coefficient (Wildman–Crippen LogP) is 2.15. The van der Waals surface area contributed by atoms with Gasteiger partial charge in [0.1, 0.15) is 11.1 Å². The van der Waals surface area contributed by atoms with E-state index in [-0.39, 0.29) is 6.61 Å². The van der Waals surface area contributed by atoms with Crippen molar-refractivity contribution in [3.63, 3.8) is 0 Å². The number of benzene rings is 1. The van der Waals surface area contributed by atoms with E-state index in [4.69, 9.17) is 20.6 Å². The van der Waals surface area contributed by atoms with Gasteiger partial charge in [-0.15, -0.1) is 11.6 Å². The van der Waals surface area contributed by atoms with Crippen LogP contribution in [0.15, 0.2) is 24.3 Å². The van der Waals surface area contributed by atoms with Crippen LogP contribution >= 0.6 is 19.2 Å². The van der Waals surface area contributed by atoms with E-state index in [1.54, 1.807) is 18.2 Å². The molecule has 1 unspecified atom stereocenters. The number of fused-ring (bicyclic) bond motifs is 1. The van der Waals surface area contributed by atoms with Crippen LogP contribution in [0.5, 0.6) is 5.75 Å². The van der Waals surface area contributed by atoms with Gasteiger partial charge in [0.2, 0.25) is 0 Å². The second kappa shape index (κ2) is 3.33. The van der Waals surface area contributed by atoms with E-state index >= 15 is 0 Å². The lowest BCUT2D eigenvalue weighted by atomic mass is 10.3. The zero-order valence-electron chi connectivity index (χ0n) is 6.77. The molecule has 1 aliphatic rings. The Morgan fingerprint density at radius 1 is 1.46 bits per heavy atom. The molecule has 0 N–H and O–H groups in total. The van der Waals surface area contributed by atoms with Crippen LogP contribution in [0.4, 0.5) is 0 Å². The van der Waals surface area contributed by atoms with Gasteiger partial charge in [-0.25, -0.2) is 4.57 Å². The Bertz CT molecular complexity index is 366. The molecule has 70 valence electrons. The summed E-state index contributed by atoms with van der Waals surface area (Å²) in [6, 6.07) is 7.13. The average Bonchev–Trinajstić information content (AvgIpc) is 2.13. The fourth-order valence-electron chi connectivity index (χ4n) is 1.15. The van der Waals surface area contributed by atoms with Crippen LogP contribution < -0.4 is 9.83 Å². The van der Waals surface area contributed by atoms with Gasteiger partial charge in [0.05, 0.1) is 6.61 Å². The number of hydrogen-bond acceptors (Lipinski definition) is 3. The molecule has 1 atom stereocenters. The zero-order valence-corrected chi connectivity index (χ0v) is 8.42. The highest BCUT2D eigenvalue weighted by atomic mass is 35.5. The van der Waals surface area contributed by atoms with Gasteiger partial charge in [-0.05, 0) is 12.1 Å². The highest BCUT2D eigenvalue weighted by Gasteiger charge is 2.41. The molecule has 1 aliphatic heterocycles. The predicted molar refractivity (Wildman–Crippen MR) is 51.0 cm³/mol. The van der Waals surface area contributed by atoms with Crippen molar-refractivity contribution in [2.75, 3.05) is 12.5 Å². The minimum absolute atomic E-state index is 0.243. The molecule has 5 heteroatoms. The zero-order chi connectivity index (χ0) is 9.31. The summed E-state index contributed by atoms with van der Waals surface area (Å²) >= 11 is 5.41. The molecule has 1 aromatic carbocycles. The first-order valence-corrected chi connectivity index (χ1v) is 5.94. The van der Waals surface area contributed by atoms with Crippen LogP contribution in [0.3, 0.4) is 0 Å². The summed E-state index contributed by atoms with van der Waals surface area (Å²) in [4.78, 5) is 0. The summed E-state index contributed by atoms with van der Waals surface area (Å²) in [6.45, 7) is 0.243. The van der Waals surface area contributed by atoms with Crippen LogP contribution in [-0.2, 0) is 9.09 Å². The van der Waals surface area contributed by atoms with Crippen LogP contribution in [0.2, 0.25) is 0 Å². The van der Waals surface area contributed by atoms with Gasteiger partial charge in [0, 0.05) is 5.88 Å². The van der Waals surface area contributed by atoms with Gasteiger partial charge < -0.3 is 4.52 Å². The van der Waals surface area contributed by atoms with Gasteiger partial charge in [0.15, 0.2) is 0 Å². The van der Waals surface area contributed by atoms with E-state index in [9.17, 15) is 4.57 Å². The lowest BCUT2D eigenvalue weighted by Crippen LogP contribution is -2.24. The minimum Gasteiger partial charge on any atom is -0.420 e. The second-order valence-corrected chi connectivity index (χ2v) is 4.87. The topological polar surface area (TPSA) is 35.5 Å². The Labute approximate surface area is 81.1 Å². The first-order valence-electron chi connectivity index (χ1n) is 3.86. The lowest BCUT2D eigenvalue weighted by molar-refractivity contribution is 0.279. The molecule has 1 heterocycles. The van der Waals surface area contributed by atoms with Gasteiger partial charge in [-0.1, -0.05) is 12.1 Å². The average molecular weight is 219 g/mol. The largest absolute Gasteiger partial charge is 0.420 e. The van der Waals surface area contributed by atoms with E-state index in [0.717, 1.165) is 0 Å². The second-order valence-electron chi connectivity index (χ2n) is 2.58. The number of halogens is 1. The van der Waals surface area contributed by atoms with Crippen molar-refractivity contribution in [2.24, 2.45) is 0 Å². The molecule has 0 aromatic heterocycles. The van der Waals surface area contributed by atoms with Gasteiger partial charge in [0.25, 0.3) is 0 Å². The first-order chi connectivity index (χ1) is 6.26. The fourth-order valence-corrected chi connectivity index (χ4v) is 2.91. The maximum Gasteiger partial charge on any atom is 0.414 e. The van der Waals surface area contributed by atoms with E-state index in [0.29, 0.717) is 16.9 Å². The molecule has 0 amide bonds. The highest BCUT2D eigenvalue weighted by molar-refractivity contribution is 7.64. The first kappa shape index (κ1) is 9.07. The van der Waals surface area contributed by atoms with Crippen molar-refractivity contribution >= 4 is 24.5 Å². The van der Waals surface area contributed by atoms with Crippen LogP contribution in [0.1, 0.15) is 0 Å². The van der Waals surface area contributed by atoms with E-state index in [1.165, 1.54) is 0 Å². The maximum absolute atomic E-state index is 11.7. The third-order valence-corrected chi connectivity index (χ3v) is 3.79. The Morgan fingerprint density at radius 2 is 2.23 bits per heavy atom. The van der Waals surface area contributed by atoms with Crippen LogP contribution in [0.25, 0.3) is 0 Å². The van der Waals surface area contributed by atoms with Crippen molar-refractivity contribution < 1.29 is 13.6 Å². The summed E-state index contributed by atoms with van der Waals surface area (Å²) < 4.78 is 21.8. The minimum atomic E-state index is -2.98. The Morgan fingerprint density at radius 3 is 2.92 bits per heavy atom. The third kappa shape index (κ3) is 1.48. The Hall–Kier alpha value is -0.500. The Kier molecular flexibility index (Phi) is 2.33. The molecule has 0 saturated heterocycles. The number of hydrogen-bond donors (Lipinski definition) is 0. The normalized spacial score (nSPS) is 24.4. The van der Waals surface area contributed by atoms with Crippen LogP contribution in [0, 0.1) is 0 Å². The number of para-hydroxylation sites is 1. The number of alkyl halides is 1. The molecule has 0 bridgehead atoms. The van der Waals surface area contributed by atoms with Crippen LogP contribution in [-0.4, -0.2) is 12.5 Å². The molecule has 0 aliphatic carbocycles. The summed E-state index contributed by atoms with van der Waals surface area (Å²) in [5.41, 5.74) is 0. The quantitative estimate of drug-likeness (QED) is 0.576. The molecule has 2 rings (SSSR count). The third-order valence-electron chi connectivity index (χ3n) is 1.72. The summed E-state index contributed by atoms with van der Waals surface area (Å²) in [6.07, 6.45) is 0.